The molecule has 0 aliphatic carbocycles. The van der Waals surface area contributed by atoms with Gasteiger partial charge < -0.3 is 10.4 Å². The Morgan fingerprint density at radius 1 is 1.39 bits per heavy atom. The molecule has 1 aromatic heterocycles. The lowest BCUT2D eigenvalue weighted by Crippen LogP contribution is -2.04. The molecular formula is C13H11BrN2O2. The third kappa shape index (κ3) is 2.68. The molecule has 0 fully saturated rings. The van der Waals surface area contributed by atoms with Crippen LogP contribution in [0.2, 0.25) is 0 Å². The molecule has 0 spiro atoms. The Balaban J connectivity index is 2.37. The maximum Gasteiger partial charge on any atom is 0.339 e. The predicted octanol–water partition coefficient (Wildman–Crippen LogP) is 3.59. The van der Waals surface area contributed by atoms with Crippen LogP contribution in [0.1, 0.15) is 15.9 Å². The number of aromatic nitrogens is 1. The van der Waals surface area contributed by atoms with Crippen molar-refractivity contribution >= 4 is 33.4 Å². The Bertz CT molecular complexity index is 599. The van der Waals surface area contributed by atoms with E-state index in [0.717, 1.165) is 15.7 Å². The largest absolute Gasteiger partial charge is 0.478 e. The molecule has 2 N–H and O–H groups in total. The zero-order valence-electron chi connectivity index (χ0n) is 9.64. The summed E-state index contributed by atoms with van der Waals surface area (Å²) in [6.45, 7) is 1.98. The quantitative estimate of drug-likeness (QED) is 0.909. The molecule has 0 amide bonds. The van der Waals surface area contributed by atoms with Gasteiger partial charge in [0.15, 0.2) is 0 Å². The number of pyridine rings is 1. The molecule has 0 saturated carbocycles. The Labute approximate surface area is 113 Å². The van der Waals surface area contributed by atoms with Crippen LogP contribution in [0.3, 0.4) is 0 Å². The molecule has 0 saturated heterocycles. The molecule has 1 heterocycles. The van der Waals surface area contributed by atoms with Crippen LogP contribution >= 0.6 is 15.9 Å². The smallest absolute Gasteiger partial charge is 0.339 e. The maximum absolute atomic E-state index is 11.1. The van der Waals surface area contributed by atoms with Gasteiger partial charge in [0.05, 0.1) is 5.69 Å². The van der Waals surface area contributed by atoms with Crippen LogP contribution in [0.15, 0.2) is 41.0 Å². The standard InChI is InChI=1S/C13H11BrN2O2/c1-8-4-5-11(10(14)7-8)16-12-9(13(17)18)3-2-6-15-12/h2-7H,1H3,(H,15,16)(H,17,18). The molecule has 92 valence electrons. The number of anilines is 2. The molecule has 2 aromatic rings. The summed E-state index contributed by atoms with van der Waals surface area (Å²) in [7, 11) is 0. The van der Waals surface area contributed by atoms with Crippen molar-refractivity contribution in [2.45, 2.75) is 6.92 Å². The number of carbonyl (C=O) groups is 1. The van der Waals surface area contributed by atoms with E-state index in [-0.39, 0.29) is 5.56 Å². The molecule has 0 radical (unpaired) electrons. The molecule has 5 heteroatoms. The Kier molecular flexibility index (Phi) is 3.62. The normalized spacial score (nSPS) is 10.1. The van der Waals surface area contributed by atoms with Crippen molar-refractivity contribution in [3.8, 4) is 0 Å². The minimum absolute atomic E-state index is 0.143. The van der Waals surface area contributed by atoms with E-state index in [0.29, 0.717) is 5.82 Å². The van der Waals surface area contributed by atoms with Crippen molar-refractivity contribution in [2.75, 3.05) is 5.32 Å². The van der Waals surface area contributed by atoms with Crippen molar-refractivity contribution < 1.29 is 9.90 Å². The van der Waals surface area contributed by atoms with Gasteiger partial charge in [0.2, 0.25) is 0 Å². The molecule has 0 bridgehead atoms. The summed E-state index contributed by atoms with van der Waals surface area (Å²) in [5.41, 5.74) is 2.04. The fraction of sp³-hybridized carbons (Fsp3) is 0.0769. The average Bonchev–Trinajstić information content (AvgIpc) is 2.33. The number of hydrogen-bond donors (Lipinski definition) is 2. The first-order valence-electron chi connectivity index (χ1n) is 5.29. The number of benzene rings is 1. The van der Waals surface area contributed by atoms with E-state index >= 15 is 0 Å². The van der Waals surface area contributed by atoms with Gasteiger partial charge in [0, 0.05) is 10.7 Å². The highest BCUT2D eigenvalue weighted by atomic mass is 79.9. The van der Waals surface area contributed by atoms with Gasteiger partial charge >= 0.3 is 5.97 Å². The molecule has 1 aromatic carbocycles. The molecule has 0 aliphatic rings. The first-order valence-corrected chi connectivity index (χ1v) is 6.08. The fourth-order valence-electron chi connectivity index (χ4n) is 1.53. The molecular weight excluding hydrogens is 296 g/mol. The summed E-state index contributed by atoms with van der Waals surface area (Å²) in [4.78, 5) is 15.1. The molecule has 0 aliphatic heterocycles. The van der Waals surface area contributed by atoms with E-state index in [1.807, 2.05) is 25.1 Å². The summed E-state index contributed by atoms with van der Waals surface area (Å²) in [6.07, 6.45) is 1.55. The van der Waals surface area contributed by atoms with Crippen LogP contribution in [0, 0.1) is 6.92 Å². The third-order valence-corrected chi connectivity index (χ3v) is 3.07. The number of carboxylic acid groups (broad SMARTS) is 1. The second-order valence-electron chi connectivity index (χ2n) is 3.81. The van der Waals surface area contributed by atoms with Crippen LogP contribution in [-0.2, 0) is 0 Å². The van der Waals surface area contributed by atoms with Crippen LogP contribution in [0.25, 0.3) is 0 Å². The van der Waals surface area contributed by atoms with Gasteiger partial charge in [-0.1, -0.05) is 6.07 Å². The van der Waals surface area contributed by atoms with E-state index in [1.165, 1.54) is 6.07 Å². The van der Waals surface area contributed by atoms with E-state index < -0.39 is 5.97 Å². The summed E-state index contributed by atoms with van der Waals surface area (Å²) >= 11 is 3.43. The van der Waals surface area contributed by atoms with Crippen LogP contribution in [0.5, 0.6) is 0 Å². The van der Waals surface area contributed by atoms with E-state index in [4.69, 9.17) is 5.11 Å². The minimum atomic E-state index is -1.01. The minimum Gasteiger partial charge on any atom is -0.478 e. The number of nitrogens with one attached hydrogen (secondary N) is 1. The van der Waals surface area contributed by atoms with Gasteiger partial charge in [-0.2, -0.15) is 0 Å². The highest BCUT2D eigenvalue weighted by Crippen LogP contribution is 2.27. The van der Waals surface area contributed by atoms with E-state index in [1.54, 1.807) is 12.3 Å². The van der Waals surface area contributed by atoms with Gasteiger partial charge in [-0.25, -0.2) is 9.78 Å². The predicted molar refractivity (Wildman–Crippen MR) is 73.4 cm³/mol. The molecule has 4 nitrogen and oxygen atoms in total. The fourth-order valence-corrected chi connectivity index (χ4v) is 2.12. The molecule has 18 heavy (non-hydrogen) atoms. The summed E-state index contributed by atoms with van der Waals surface area (Å²) in [5.74, 6) is -0.677. The molecule has 2 rings (SSSR count). The third-order valence-electron chi connectivity index (χ3n) is 2.42. The molecule has 0 atom stereocenters. The van der Waals surface area contributed by atoms with Gasteiger partial charge in [-0.05, 0) is 52.7 Å². The number of nitrogens with zero attached hydrogens (tertiary/aromatic N) is 1. The van der Waals surface area contributed by atoms with Crippen molar-refractivity contribution in [1.82, 2.24) is 4.98 Å². The van der Waals surface area contributed by atoms with Gasteiger partial charge in [-0.3, -0.25) is 0 Å². The maximum atomic E-state index is 11.1. The lowest BCUT2D eigenvalue weighted by atomic mass is 10.2. The zero-order valence-corrected chi connectivity index (χ0v) is 11.2. The van der Waals surface area contributed by atoms with Crippen molar-refractivity contribution in [3.63, 3.8) is 0 Å². The first-order chi connectivity index (χ1) is 8.58. The number of rotatable bonds is 3. The highest BCUT2D eigenvalue weighted by Gasteiger charge is 2.11. The van der Waals surface area contributed by atoms with Crippen LogP contribution in [-0.4, -0.2) is 16.1 Å². The summed E-state index contributed by atoms with van der Waals surface area (Å²) in [5, 5.41) is 12.1. The highest BCUT2D eigenvalue weighted by molar-refractivity contribution is 9.10. The van der Waals surface area contributed by atoms with Gasteiger partial charge in [0.25, 0.3) is 0 Å². The Morgan fingerprint density at radius 2 is 2.17 bits per heavy atom. The second-order valence-corrected chi connectivity index (χ2v) is 4.67. The summed E-state index contributed by atoms with van der Waals surface area (Å²) < 4.78 is 0.865. The van der Waals surface area contributed by atoms with Crippen molar-refractivity contribution in [1.29, 1.82) is 0 Å². The van der Waals surface area contributed by atoms with Crippen LogP contribution in [0.4, 0.5) is 11.5 Å². The number of hydrogen-bond acceptors (Lipinski definition) is 3. The van der Waals surface area contributed by atoms with E-state index in [2.05, 4.69) is 26.2 Å². The molecule has 0 unspecified atom stereocenters. The Morgan fingerprint density at radius 3 is 2.83 bits per heavy atom. The van der Waals surface area contributed by atoms with E-state index in [9.17, 15) is 4.79 Å². The second kappa shape index (κ2) is 5.18. The SMILES string of the molecule is Cc1ccc(Nc2ncccc2C(=O)O)c(Br)c1. The first kappa shape index (κ1) is 12.6. The summed E-state index contributed by atoms with van der Waals surface area (Å²) in [6, 6.07) is 8.88. The number of aromatic carboxylic acids is 1. The van der Waals surface area contributed by atoms with Crippen molar-refractivity contribution in [3.05, 3.63) is 52.1 Å². The monoisotopic (exact) mass is 306 g/mol. The average molecular weight is 307 g/mol. The lowest BCUT2D eigenvalue weighted by molar-refractivity contribution is 0.0697. The lowest BCUT2D eigenvalue weighted by Gasteiger charge is -2.10. The van der Waals surface area contributed by atoms with Gasteiger partial charge in [0.1, 0.15) is 11.4 Å². The number of aryl methyl sites for hydroxylation is 1. The van der Waals surface area contributed by atoms with Crippen molar-refractivity contribution in [2.24, 2.45) is 0 Å². The van der Waals surface area contributed by atoms with Crippen LogP contribution < -0.4 is 5.32 Å². The zero-order chi connectivity index (χ0) is 13.1. The number of halogens is 1. The number of carboxylic acids is 1. The topological polar surface area (TPSA) is 62.2 Å². The Hall–Kier alpha value is -1.88. The van der Waals surface area contributed by atoms with Gasteiger partial charge in [-0.15, -0.1) is 0 Å².